The summed E-state index contributed by atoms with van der Waals surface area (Å²) in [5, 5.41) is 3.84. The molecule has 1 amide bonds. The van der Waals surface area contributed by atoms with Gasteiger partial charge in [0.1, 0.15) is 11.5 Å². The van der Waals surface area contributed by atoms with E-state index in [1.165, 1.54) is 0 Å². The SMILES string of the molecule is COc1ccc([C@@H](CC(=O)N[C@H]2CCS(=O)(=O)C2)c2c[nH]c3cccc(OC)c23)cc1. The topological polar surface area (TPSA) is 97.5 Å². The highest BCUT2D eigenvalue weighted by Crippen LogP contribution is 2.38. The van der Waals surface area contributed by atoms with Crippen LogP contribution in [0.1, 0.15) is 29.9 Å². The van der Waals surface area contributed by atoms with E-state index in [0.717, 1.165) is 33.5 Å². The summed E-state index contributed by atoms with van der Waals surface area (Å²) in [7, 11) is 0.177. The number of hydrogen-bond donors (Lipinski definition) is 2. The van der Waals surface area contributed by atoms with Crippen molar-refractivity contribution in [1.29, 1.82) is 0 Å². The Morgan fingerprint density at radius 2 is 1.94 bits per heavy atom. The van der Waals surface area contributed by atoms with E-state index in [0.29, 0.717) is 6.42 Å². The van der Waals surface area contributed by atoms with E-state index < -0.39 is 9.84 Å². The van der Waals surface area contributed by atoms with E-state index in [2.05, 4.69) is 10.3 Å². The van der Waals surface area contributed by atoms with Crippen molar-refractivity contribution in [2.45, 2.75) is 24.8 Å². The summed E-state index contributed by atoms with van der Waals surface area (Å²) < 4.78 is 34.3. The molecule has 1 fully saturated rings. The van der Waals surface area contributed by atoms with Crippen molar-refractivity contribution in [3.63, 3.8) is 0 Å². The molecule has 31 heavy (non-hydrogen) atoms. The minimum Gasteiger partial charge on any atom is -0.497 e. The Kier molecular flexibility index (Phi) is 5.91. The number of aromatic amines is 1. The minimum absolute atomic E-state index is 0.00680. The smallest absolute Gasteiger partial charge is 0.221 e. The molecule has 4 rings (SSSR count). The van der Waals surface area contributed by atoms with Crippen LogP contribution >= 0.6 is 0 Å². The maximum Gasteiger partial charge on any atom is 0.221 e. The van der Waals surface area contributed by atoms with Crippen LogP contribution in [0.25, 0.3) is 10.9 Å². The van der Waals surface area contributed by atoms with Gasteiger partial charge in [-0.1, -0.05) is 18.2 Å². The normalized spacial score (nSPS) is 18.6. The first-order valence-corrected chi connectivity index (χ1v) is 12.0. The third-order valence-corrected chi connectivity index (χ3v) is 7.57. The van der Waals surface area contributed by atoms with Crippen molar-refractivity contribution in [2.75, 3.05) is 25.7 Å². The van der Waals surface area contributed by atoms with E-state index in [1.54, 1.807) is 14.2 Å². The van der Waals surface area contributed by atoms with Crippen LogP contribution in [-0.4, -0.2) is 51.1 Å². The fraction of sp³-hybridized carbons (Fsp3) is 0.348. The number of methoxy groups -OCH3 is 2. The van der Waals surface area contributed by atoms with E-state index in [-0.39, 0.29) is 35.8 Å². The van der Waals surface area contributed by atoms with E-state index in [4.69, 9.17) is 9.47 Å². The molecule has 164 valence electrons. The first kappa shape index (κ1) is 21.2. The highest BCUT2D eigenvalue weighted by atomic mass is 32.2. The zero-order chi connectivity index (χ0) is 22.0. The van der Waals surface area contributed by atoms with Gasteiger partial charge in [-0.25, -0.2) is 8.42 Å². The van der Waals surface area contributed by atoms with Crippen molar-refractivity contribution >= 4 is 26.6 Å². The summed E-state index contributed by atoms with van der Waals surface area (Å²) in [6.07, 6.45) is 2.56. The number of sulfone groups is 1. The molecule has 2 atom stereocenters. The van der Waals surface area contributed by atoms with Crippen LogP contribution in [-0.2, 0) is 14.6 Å². The summed E-state index contributed by atoms with van der Waals surface area (Å²) in [5.41, 5.74) is 2.84. The second-order valence-corrected chi connectivity index (χ2v) is 10.1. The Morgan fingerprint density at radius 1 is 1.16 bits per heavy atom. The number of aromatic nitrogens is 1. The van der Waals surface area contributed by atoms with E-state index in [9.17, 15) is 13.2 Å². The number of amides is 1. The maximum atomic E-state index is 12.9. The van der Waals surface area contributed by atoms with Gasteiger partial charge >= 0.3 is 0 Å². The number of H-pyrrole nitrogens is 1. The Bertz CT molecular complexity index is 1180. The molecule has 0 radical (unpaired) electrons. The quantitative estimate of drug-likeness (QED) is 0.586. The molecule has 1 aliphatic heterocycles. The Balaban J connectivity index is 1.68. The summed E-state index contributed by atoms with van der Waals surface area (Å²) in [5.74, 6) is 1.18. The molecule has 0 saturated carbocycles. The summed E-state index contributed by atoms with van der Waals surface area (Å²) in [6.45, 7) is 0. The second-order valence-electron chi connectivity index (χ2n) is 7.82. The average Bonchev–Trinajstić information content (AvgIpc) is 3.34. The minimum atomic E-state index is -3.06. The lowest BCUT2D eigenvalue weighted by atomic mass is 9.87. The van der Waals surface area contributed by atoms with Crippen molar-refractivity contribution in [2.24, 2.45) is 0 Å². The van der Waals surface area contributed by atoms with Gasteiger partial charge in [-0.15, -0.1) is 0 Å². The monoisotopic (exact) mass is 442 g/mol. The number of carbonyl (C=O) groups is 1. The Labute approximate surface area is 181 Å². The number of ether oxygens (including phenoxy) is 2. The second kappa shape index (κ2) is 8.63. The largest absolute Gasteiger partial charge is 0.497 e. The molecular formula is C23H26N2O5S. The summed E-state index contributed by atoms with van der Waals surface area (Å²) in [4.78, 5) is 16.2. The first-order valence-electron chi connectivity index (χ1n) is 10.2. The van der Waals surface area contributed by atoms with Crippen LogP contribution in [0, 0.1) is 0 Å². The number of nitrogens with one attached hydrogen (secondary N) is 2. The van der Waals surface area contributed by atoms with E-state index >= 15 is 0 Å². The van der Waals surface area contributed by atoms with Crippen LogP contribution in [0.4, 0.5) is 0 Å². The number of carbonyl (C=O) groups excluding carboxylic acids is 1. The predicted octanol–water partition coefficient (Wildman–Crippen LogP) is 3.01. The van der Waals surface area contributed by atoms with Gasteiger partial charge in [0.15, 0.2) is 9.84 Å². The zero-order valence-corrected chi connectivity index (χ0v) is 18.4. The molecule has 8 heteroatoms. The van der Waals surface area contributed by atoms with Gasteiger partial charge in [-0.05, 0) is 41.8 Å². The van der Waals surface area contributed by atoms with Crippen molar-refractivity contribution in [3.05, 3.63) is 59.8 Å². The molecule has 1 aromatic heterocycles. The van der Waals surface area contributed by atoms with Gasteiger partial charge in [-0.2, -0.15) is 0 Å². The molecule has 1 saturated heterocycles. The maximum absolute atomic E-state index is 12.9. The standard InChI is InChI=1S/C23H26N2O5S/c1-29-17-8-6-15(7-9-17)18(12-22(26)25-16-10-11-31(27,28)14-16)19-13-24-20-4-3-5-21(30-2)23(19)20/h3-9,13,16,18,24H,10-12,14H2,1-2H3,(H,25,26)/t16-,18+/m0/s1. The van der Waals surface area contributed by atoms with Crippen LogP contribution in [0.15, 0.2) is 48.7 Å². The summed E-state index contributed by atoms with van der Waals surface area (Å²) >= 11 is 0. The van der Waals surface area contributed by atoms with E-state index in [1.807, 2.05) is 48.7 Å². The molecule has 2 aromatic carbocycles. The molecule has 7 nitrogen and oxygen atoms in total. The number of hydrogen-bond acceptors (Lipinski definition) is 5. The Hall–Kier alpha value is -3.00. The van der Waals surface area contributed by atoms with Crippen LogP contribution in [0.5, 0.6) is 11.5 Å². The molecule has 0 aliphatic carbocycles. The van der Waals surface area contributed by atoms with Crippen molar-refractivity contribution < 1.29 is 22.7 Å². The fourth-order valence-corrected chi connectivity index (χ4v) is 5.92. The van der Waals surface area contributed by atoms with Gasteiger partial charge in [0, 0.05) is 35.5 Å². The average molecular weight is 443 g/mol. The fourth-order valence-electron chi connectivity index (χ4n) is 4.25. The molecule has 2 N–H and O–H groups in total. The lowest BCUT2D eigenvalue weighted by Crippen LogP contribution is -2.36. The molecule has 1 aliphatic rings. The van der Waals surface area contributed by atoms with Gasteiger partial charge in [-0.3, -0.25) is 4.79 Å². The molecule has 0 unspecified atom stereocenters. The first-order chi connectivity index (χ1) is 14.9. The van der Waals surface area contributed by atoms with Crippen LogP contribution in [0.3, 0.4) is 0 Å². The molecule has 0 bridgehead atoms. The lowest BCUT2D eigenvalue weighted by Gasteiger charge is -2.19. The van der Waals surface area contributed by atoms with Gasteiger partial charge in [0.2, 0.25) is 5.91 Å². The third-order valence-electron chi connectivity index (χ3n) is 5.80. The summed E-state index contributed by atoms with van der Waals surface area (Å²) in [6, 6.07) is 13.1. The highest BCUT2D eigenvalue weighted by molar-refractivity contribution is 7.91. The number of benzene rings is 2. The third kappa shape index (κ3) is 4.54. The van der Waals surface area contributed by atoms with Gasteiger partial charge in [0.05, 0.1) is 25.7 Å². The predicted molar refractivity (Wildman–Crippen MR) is 120 cm³/mol. The van der Waals surface area contributed by atoms with Crippen molar-refractivity contribution in [1.82, 2.24) is 10.3 Å². The number of fused-ring (bicyclic) bond motifs is 1. The molecular weight excluding hydrogens is 416 g/mol. The van der Waals surface area contributed by atoms with Crippen LogP contribution < -0.4 is 14.8 Å². The van der Waals surface area contributed by atoms with Crippen molar-refractivity contribution in [3.8, 4) is 11.5 Å². The lowest BCUT2D eigenvalue weighted by molar-refractivity contribution is -0.121. The number of rotatable bonds is 7. The van der Waals surface area contributed by atoms with Gasteiger partial charge in [0.25, 0.3) is 0 Å². The zero-order valence-electron chi connectivity index (χ0n) is 17.6. The molecule has 2 heterocycles. The molecule has 3 aromatic rings. The molecule has 0 spiro atoms. The van der Waals surface area contributed by atoms with Gasteiger partial charge < -0.3 is 19.8 Å². The van der Waals surface area contributed by atoms with Crippen LogP contribution in [0.2, 0.25) is 0 Å². The highest BCUT2D eigenvalue weighted by Gasteiger charge is 2.30. The Morgan fingerprint density at radius 3 is 2.58 bits per heavy atom.